The molecule has 0 saturated heterocycles. The van der Waals surface area contributed by atoms with Crippen molar-refractivity contribution in [2.45, 2.75) is 131 Å². The van der Waals surface area contributed by atoms with Crippen LogP contribution in [0.2, 0.25) is 0 Å². The Balaban J connectivity index is 0.979. The molecule has 0 N–H and O–H groups in total. The van der Waals surface area contributed by atoms with Crippen LogP contribution in [0.4, 0.5) is 34.1 Å². The molecule has 6 heterocycles. The quantitative estimate of drug-likeness (QED) is 0.135. The molecule has 16 aromatic carbocycles. The summed E-state index contributed by atoms with van der Waals surface area (Å²) in [7, 11) is 0. The zero-order valence-electron chi connectivity index (χ0n) is 80.5. The number of hydrogen-bond acceptors (Lipinski definition) is 2. The van der Waals surface area contributed by atoms with E-state index in [1.54, 1.807) is 4.57 Å². The molecule has 2 aliphatic heterocycles. The molecule has 6 nitrogen and oxygen atoms in total. The molecule has 123 heavy (non-hydrogen) atoms. The third-order valence-electron chi connectivity index (χ3n) is 26.3. The number of fused-ring (bicyclic) bond motifs is 16. The number of para-hydroxylation sites is 4. The fourth-order valence-corrected chi connectivity index (χ4v) is 19.9. The number of rotatable bonds is 9. The number of aromatic nitrogens is 4. The van der Waals surface area contributed by atoms with Crippen molar-refractivity contribution in [3.63, 3.8) is 0 Å². The van der Waals surface area contributed by atoms with Crippen LogP contribution >= 0.6 is 0 Å². The Hall–Kier alpha value is -13.6. The summed E-state index contributed by atoms with van der Waals surface area (Å²) < 4.78 is 86.5. The SMILES string of the molecule is [2H]c1c([2H])c([2H])c2c(c1[2H])c1c([2H])c([2H])c([2H])c([2H])c1n2-c1ccc2c(c1)N(c1c(-c3ccccc3)cc(C(C)(C)C)cc1-c1ccccc1)c1cc(-n3c4ccc(C(C)(C)C)cc4c4cc(C(C)(C)C)ccc43)cc3c1B2c1ccc(-n2c4ccc(C(C)(C)C)cc4c4cc(C(C)(C)C)ccc42)cc1N3c1cc(-c2ccccc2)cc2c1c1ccccc1n2-c1ccccc1. The van der Waals surface area contributed by atoms with E-state index in [0.29, 0.717) is 5.69 Å². The fraction of sp³-hybridized carbons (Fsp3) is 0.172. The molecule has 0 atom stereocenters. The van der Waals surface area contributed by atoms with Crippen LogP contribution in [0.15, 0.2) is 340 Å². The third kappa shape index (κ3) is 12.0. The summed E-state index contributed by atoms with van der Waals surface area (Å²) in [6.07, 6.45) is 0. The van der Waals surface area contributed by atoms with Gasteiger partial charge < -0.3 is 28.1 Å². The van der Waals surface area contributed by atoms with Crippen molar-refractivity contribution >= 4 is 144 Å². The monoisotopic (exact) mass is 1600 g/mol. The van der Waals surface area contributed by atoms with Gasteiger partial charge in [-0.15, -0.1) is 0 Å². The minimum absolute atomic E-state index is 0.0000836. The molecule has 0 saturated carbocycles. The smallest absolute Gasteiger partial charge is 0.252 e. The van der Waals surface area contributed by atoms with E-state index in [0.717, 1.165) is 161 Å². The zero-order chi connectivity index (χ0) is 91.2. The first kappa shape index (κ1) is 67.1. The van der Waals surface area contributed by atoms with E-state index in [2.05, 4.69) is 412 Å². The molecule has 0 bridgehead atoms. The highest BCUT2D eigenvalue weighted by atomic mass is 15.2. The van der Waals surface area contributed by atoms with E-state index in [1.165, 1.54) is 33.0 Å². The highest BCUT2D eigenvalue weighted by Crippen LogP contribution is 2.56. The Morgan fingerprint density at radius 1 is 0.236 bits per heavy atom. The lowest BCUT2D eigenvalue weighted by molar-refractivity contribution is 0.590. The molecule has 7 heteroatoms. The van der Waals surface area contributed by atoms with E-state index in [1.807, 2.05) is 6.07 Å². The van der Waals surface area contributed by atoms with Gasteiger partial charge in [0.1, 0.15) is 0 Å². The molecule has 22 rings (SSSR count). The van der Waals surface area contributed by atoms with Gasteiger partial charge in [-0.25, -0.2) is 0 Å². The minimum atomic E-state index is -0.598. The zero-order valence-corrected chi connectivity index (χ0v) is 72.5. The van der Waals surface area contributed by atoms with Crippen LogP contribution < -0.4 is 26.2 Å². The maximum Gasteiger partial charge on any atom is 0.252 e. The van der Waals surface area contributed by atoms with Gasteiger partial charge >= 0.3 is 0 Å². The lowest BCUT2D eigenvalue weighted by Gasteiger charge is -2.46. The first-order valence-electron chi connectivity index (χ1n) is 47.3. The molecule has 0 unspecified atom stereocenters. The summed E-state index contributed by atoms with van der Waals surface area (Å²) in [6.45, 7) is 33.8. The predicted octanol–water partition coefficient (Wildman–Crippen LogP) is 29.6. The molecule has 0 aliphatic carbocycles. The number of anilines is 6. The van der Waals surface area contributed by atoms with Crippen LogP contribution in [0.25, 0.3) is 143 Å². The molecular formula is C116H101BN6. The van der Waals surface area contributed by atoms with Crippen LogP contribution in [-0.4, -0.2) is 25.0 Å². The molecule has 4 aromatic heterocycles. The summed E-state index contributed by atoms with van der Waals surface area (Å²) in [4.78, 5) is 5.14. The van der Waals surface area contributed by atoms with Crippen LogP contribution in [0.5, 0.6) is 0 Å². The third-order valence-corrected chi connectivity index (χ3v) is 26.3. The first-order chi connectivity index (χ1) is 62.5. The topological polar surface area (TPSA) is 26.2 Å². The standard InChI is InChI=1S/C116H101BN6/c1-112(2,3)76-48-56-99-90(62-76)91-63-77(113(4,5)6)49-57-100(91)120(99)82-52-54-94-103(68-82)122(106-61-75(72-34-20-16-21-35-72)60-105-109(106)87-44-30-33-47-98(87)118(105)81-40-26-19-27-41-81)107-70-84(121-101-58-50-78(114(7,8)9)64-92(101)93-65-79(115(10,11)12)51-59-102(93)121)71-108-110(107)117(94)95-55-53-83(119-96-45-31-28-42-85(96)86-43-29-32-46-97(86)119)69-104(95)123(108)111-88(73-36-22-17-23-37-73)66-80(116(13,14)15)67-89(111)74-38-24-18-25-39-74/h16-71H,1-15H3/i28D,29D,31D,32D,42D,43D,45D,46D. The van der Waals surface area contributed by atoms with Crippen molar-refractivity contribution in [2.24, 2.45) is 0 Å². The molecule has 598 valence electrons. The van der Waals surface area contributed by atoms with Crippen LogP contribution in [0.3, 0.4) is 0 Å². The maximum absolute atomic E-state index is 10.1. The van der Waals surface area contributed by atoms with E-state index >= 15 is 0 Å². The fourth-order valence-electron chi connectivity index (χ4n) is 19.9. The van der Waals surface area contributed by atoms with Gasteiger partial charge in [0.15, 0.2) is 0 Å². The number of nitrogens with zero attached hydrogens (tertiary/aromatic N) is 6. The van der Waals surface area contributed by atoms with Crippen molar-refractivity contribution in [1.82, 2.24) is 18.3 Å². The summed E-state index contributed by atoms with van der Waals surface area (Å²) in [5.74, 6) is 0. The Labute approximate surface area is 733 Å². The number of hydrogen-bond donors (Lipinski definition) is 0. The first-order valence-corrected chi connectivity index (χ1v) is 43.3. The summed E-state index contributed by atoms with van der Waals surface area (Å²) >= 11 is 0. The van der Waals surface area contributed by atoms with Gasteiger partial charge in [0.2, 0.25) is 0 Å². The largest absolute Gasteiger partial charge is 0.311 e. The Morgan fingerprint density at radius 2 is 0.602 bits per heavy atom. The highest BCUT2D eigenvalue weighted by molar-refractivity contribution is 7.00. The molecule has 0 amide bonds. The van der Waals surface area contributed by atoms with Crippen molar-refractivity contribution in [2.75, 3.05) is 9.80 Å². The van der Waals surface area contributed by atoms with Gasteiger partial charge in [-0.3, -0.25) is 0 Å². The average Bonchev–Trinajstić information content (AvgIpc) is 1.61. The highest BCUT2D eigenvalue weighted by Gasteiger charge is 2.47. The van der Waals surface area contributed by atoms with Gasteiger partial charge in [0.05, 0.1) is 72.2 Å². The Morgan fingerprint density at radius 3 is 1.06 bits per heavy atom. The van der Waals surface area contributed by atoms with Gasteiger partial charge in [-0.1, -0.05) is 304 Å². The molecule has 0 radical (unpaired) electrons. The molecule has 0 spiro atoms. The normalized spacial score (nSPS) is 14.2. The van der Waals surface area contributed by atoms with Gasteiger partial charge in [-0.05, 0) is 233 Å². The lowest BCUT2D eigenvalue weighted by Crippen LogP contribution is -2.61. The molecule has 20 aromatic rings. The summed E-state index contributed by atoms with van der Waals surface area (Å²) in [5.41, 5.74) is 28.7. The summed E-state index contributed by atoms with van der Waals surface area (Å²) in [5, 5.41) is 6.71. The Bertz CT molecular complexity index is 7990. The van der Waals surface area contributed by atoms with Crippen molar-refractivity contribution < 1.29 is 11.0 Å². The van der Waals surface area contributed by atoms with Gasteiger partial charge in [0.25, 0.3) is 6.71 Å². The average molecular weight is 1600 g/mol. The van der Waals surface area contributed by atoms with Gasteiger partial charge in [-0.2, -0.15) is 0 Å². The Kier molecular flexibility index (Phi) is 15.0. The maximum atomic E-state index is 10.1. The second-order valence-corrected chi connectivity index (χ2v) is 39.2. The second kappa shape index (κ2) is 27.4. The molecule has 0 fully saturated rings. The predicted molar refractivity (Wildman–Crippen MR) is 528 cm³/mol. The van der Waals surface area contributed by atoms with E-state index in [-0.39, 0.29) is 61.0 Å². The van der Waals surface area contributed by atoms with E-state index < -0.39 is 43.0 Å². The van der Waals surface area contributed by atoms with Crippen molar-refractivity contribution in [3.05, 3.63) is 367 Å². The molecule has 2 aliphatic rings. The number of benzene rings is 16. The van der Waals surface area contributed by atoms with Crippen LogP contribution in [-0.2, 0) is 27.1 Å². The summed E-state index contributed by atoms with van der Waals surface area (Å²) in [6, 6.07) is 105. The van der Waals surface area contributed by atoms with Crippen LogP contribution in [0, 0.1) is 0 Å². The van der Waals surface area contributed by atoms with Crippen molar-refractivity contribution in [3.8, 4) is 56.1 Å². The van der Waals surface area contributed by atoms with Gasteiger partial charge in [0, 0.05) is 94.0 Å². The van der Waals surface area contributed by atoms with E-state index in [4.69, 9.17) is 0 Å². The second-order valence-electron chi connectivity index (χ2n) is 39.2. The van der Waals surface area contributed by atoms with Crippen molar-refractivity contribution in [1.29, 1.82) is 0 Å². The van der Waals surface area contributed by atoms with E-state index in [9.17, 15) is 11.0 Å². The molecular weight excluding hydrogens is 1490 g/mol. The minimum Gasteiger partial charge on any atom is -0.311 e. The lowest BCUT2D eigenvalue weighted by atomic mass is 9.33. The van der Waals surface area contributed by atoms with Crippen LogP contribution in [0.1, 0.15) is 143 Å².